The van der Waals surface area contributed by atoms with Crippen LogP contribution in [0.1, 0.15) is 34.5 Å². The van der Waals surface area contributed by atoms with Crippen LogP contribution in [-0.4, -0.2) is 29.4 Å². The topological polar surface area (TPSA) is 45.2 Å². The quantitative estimate of drug-likeness (QED) is 0.944. The highest BCUT2D eigenvalue weighted by molar-refractivity contribution is 5.95. The second-order valence-corrected chi connectivity index (χ2v) is 5.42. The van der Waals surface area contributed by atoms with E-state index in [2.05, 4.69) is 10.3 Å². The fourth-order valence-electron chi connectivity index (χ4n) is 2.68. The number of nitrogens with zero attached hydrogens (tertiary/aromatic N) is 2. The van der Waals surface area contributed by atoms with E-state index >= 15 is 0 Å². The van der Waals surface area contributed by atoms with Crippen LogP contribution < -0.4 is 5.32 Å². The van der Waals surface area contributed by atoms with Crippen molar-refractivity contribution in [2.45, 2.75) is 19.4 Å². The van der Waals surface area contributed by atoms with Gasteiger partial charge in [0, 0.05) is 37.2 Å². The number of fused-ring (bicyclic) bond motifs is 1. The molecule has 0 aliphatic carbocycles. The van der Waals surface area contributed by atoms with E-state index in [-0.39, 0.29) is 24.4 Å². The average Bonchev–Trinajstić information content (AvgIpc) is 3.01. The van der Waals surface area contributed by atoms with Crippen LogP contribution in [0.15, 0.2) is 42.7 Å². The maximum absolute atomic E-state index is 12.6. The molecule has 1 N–H and O–H groups in total. The van der Waals surface area contributed by atoms with Crippen LogP contribution in [0.2, 0.25) is 0 Å². The molecule has 0 spiro atoms. The van der Waals surface area contributed by atoms with Gasteiger partial charge < -0.3 is 10.2 Å². The molecule has 0 radical (unpaired) electrons. The van der Waals surface area contributed by atoms with E-state index in [1.54, 1.807) is 17.3 Å². The van der Waals surface area contributed by atoms with E-state index < -0.39 is 0 Å². The summed E-state index contributed by atoms with van der Waals surface area (Å²) in [4.78, 5) is 18.4. The summed E-state index contributed by atoms with van der Waals surface area (Å²) in [5.41, 5.74) is 4.21. The minimum Gasteiger partial charge on any atom is -0.384 e. The van der Waals surface area contributed by atoms with E-state index in [0.717, 1.165) is 29.8 Å². The first-order valence-corrected chi connectivity index (χ1v) is 7.20. The van der Waals surface area contributed by atoms with E-state index in [1.807, 2.05) is 44.3 Å². The number of pyridine rings is 1. The van der Waals surface area contributed by atoms with E-state index in [4.69, 9.17) is 0 Å². The molecule has 1 aliphatic heterocycles. The lowest BCUT2D eigenvalue weighted by Gasteiger charge is -2.25. The molecule has 0 bridgehead atoms. The highest BCUT2D eigenvalue weighted by Crippen LogP contribution is 2.25. The van der Waals surface area contributed by atoms with Gasteiger partial charge in [-0.15, -0.1) is 12.4 Å². The zero-order valence-corrected chi connectivity index (χ0v) is 13.6. The van der Waals surface area contributed by atoms with Crippen molar-refractivity contribution in [1.82, 2.24) is 9.88 Å². The molecule has 3 rings (SSSR count). The van der Waals surface area contributed by atoms with Crippen LogP contribution in [0.3, 0.4) is 0 Å². The number of nitrogens with one attached hydrogen (secondary N) is 1. The summed E-state index contributed by atoms with van der Waals surface area (Å²) < 4.78 is 0. The van der Waals surface area contributed by atoms with Crippen molar-refractivity contribution in [3.8, 4) is 0 Å². The van der Waals surface area contributed by atoms with Gasteiger partial charge in [-0.25, -0.2) is 0 Å². The highest BCUT2D eigenvalue weighted by atomic mass is 35.5. The molecule has 2 heterocycles. The number of carbonyl (C=O) groups is 1. The fraction of sp³-hybridized carbons (Fsp3) is 0.294. The van der Waals surface area contributed by atoms with E-state index in [9.17, 15) is 4.79 Å². The van der Waals surface area contributed by atoms with Crippen molar-refractivity contribution in [2.24, 2.45) is 0 Å². The zero-order valence-electron chi connectivity index (χ0n) is 12.7. The number of benzene rings is 1. The third-order valence-corrected chi connectivity index (χ3v) is 4.15. The second kappa shape index (κ2) is 6.79. The van der Waals surface area contributed by atoms with Crippen LogP contribution in [0, 0.1) is 0 Å². The maximum Gasteiger partial charge on any atom is 0.254 e. The second-order valence-electron chi connectivity index (χ2n) is 5.42. The lowest BCUT2D eigenvalue weighted by atomic mass is 10.1. The fourth-order valence-corrected chi connectivity index (χ4v) is 2.68. The molecule has 1 unspecified atom stereocenters. The number of halogens is 1. The summed E-state index contributed by atoms with van der Waals surface area (Å²) >= 11 is 0. The van der Waals surface area contributed by atoms with Gasteiger partial charge >= 0.3 is 0 Å². The normalized spacial score (nSPS) is 13.5. The third-order valence-electron chi connectivity index (χ3n) is 4.15. The predicted octanol–water partition coefficient (Wildman–Crippen LogP) is 3.30. The predicted molar refractivity (Wildman–Crippen MR) is 90.6 cm³/mol. The summed E-state index contributed by atoms with van der Waals surface area (Å²) in [7, 11) is 1.85. The van der Waals surface area contributed by atoms with E-state index in [1.165, 1.54) is 5.56 Å². The molecule has 0 saturated carbocycles. The van der Waals surface area contributed by atoms with Gasteiger partial charge in [-0.1, -0.05) is 0 Å². The van der Waals surface area contributed by atoms with Crippen molar-refractivity contribution in [2.75, 3.05) is 18.9 Å². The van der Waals surface area contributed by atoms with Gasteiger partial charge in [0.15, 0.2) is 0 Å². The Kier molecular flexibility index (Phi) is 5.03. The lowest BCUT2D eigenvalue weighted by Crippen LogP contribution is -2.29. The zero-order chi connectivity index (χ0) is 14.8. The van der Waals surface area contributed by atoms with Crippen LogP contribution in [0.25, 0.3) is 0 Å². The van der Waals surface area contributed by atoms with Gasteiger partial charge in [-0.3, -0.25) is 9.78 Å². The van der Waals surface area contributed by atoms with Gasteiger partial charge in [0.25, 0.3) is 5.91 Å². The Morgan fingerprint density at radius 3 is 2.73 bits per heavy atom. The Labute approximate surface area is 137 Å². The Morgan fingerprint density at radius 1 is 1.27 bits per heavy atom. The molecule has 0 saturated heterocycles. The Bertz CT molecular complexity index is 660. The van der Waals surface area contributed by atoms with E-state index in [0.29, 0.717) is 0 Å². The summed E-state index contributed by atoms with van der Waals surface area (Å²) in [5, 5.41) is 3.31. The Balaban J connectivity index is 0.00000176. The number of rotatable bonds is 3. The van der Waals surface area contributed by atoms with Crippen LogP contribution >= 0.6 is 12.4 Å². The molecule has 2 aromatic rings. The Hall–Kier alpha value is -2.07. The molecular weight excluding hydrogens is 298 g/mol. The monoisotopic (exact) mass is 317 g/mol. The van der Waals surface area contributed by atoms with Gasteiger partial charge in [-0.2, -0.15) is 0 Å². The van der Waals surface area contributed by atoms with Crippen molar-refractivity contribution in [3.63, 3.8) is 0 Å². The largest absolute Gasteiger partial charge is 0.384 e. The van der Waals surface area contributed by atoms with Crippen molar-refractivity contribution >= 4 is 24.0 Å². The van der Waals surface area contributed by atoms with Crippen LogP contribution in [-0.2, 0) is 6.42 Å². The summed E-state index contributed by atoms with van der Waals surface area (Å²) in [5.74, 6) is 0.0500. The molecular formula is C17H20ClN3O. The first kappa shape index (κ1) is 16.3. The molecule has 1 aromatic heterocycles. The molecule has 1 atom stereocenters. The SMILES string of the molecule is CC(c1ccncc1)N(C)C(=O)c1ccc2c(c1)CCN2.Cl. The maximum atomic E-state index is 12.6. The number of aromatic nitrogens is 1. The summed E-state index contributed by atoms with van der Waals surface area (Å²) in [6.07, 6.45) is 4.50. The lowest BCUT2D eigenvalue weighted by molar-refractivity contribution is 0.0742. The van der Waals surface area contributed by atoms with Crippen molar-refractivity contribution in [1.29, 1.82) is 0 Å². The number of carbonyl (C=O) groups excluding carboxylic acids is 1. The minimum absolute atomic E-state index is 0. The third kappa shape index (κ3) is 3.07. The number of anilines is 1. The van der Waals surface area contributed by atoms with Crippen molar-refractivity contribution < 1.29 is 4.79 Å². The molecule has 22 heavy (non-hydrogen) atoms. The molecule has 4 nitrogen and oxygen atoms in total. The van der Waals surface area contributed by atoms with Crippen LogP contribution in [0.4, 0.5) is 5.69 Å². The first-order chi connectivity index (χ1) is 10.2. The molecule has 1 aromatic carbocycles. The Morgan fingerprint density at radius 2 is 2.00 bits per heavy atom. The van der Waals surface area contributed by atoms with Gasteiger partial charge in [0.2, 0.25) is 0 Å². The number of hydrogen-bond acceptors (Lipinski definition) is 3. The van der Waals surface area contributed by atoms with Crippen LogP contribution in [0.5, 0.6) is 0 Å². The molecule has 0 fully saturated rings. The molecule has 5 heteroatoms. The minimum atomic E-state index is 0. The smallest absolute Gasteiger partial charge is 0.254 e. The summed E-state index contributed by atoms with van der Waals surface area (Å²) in [6, 6.07) is 9.82. The van der Waals surface area contributed by atoms with Gasteiger partial charge in [0.05, 0.1) is 6.04 Å². The molecule has 1 aliphatic rings. The highest BCUT2D eigenvalue weighted by Gasteiger charge is 2.20. The molecule has 1 amide bonds. The van der Waals surface area contributed by atoms with Gasteiger partial charge in [-0.05, 0) is 54.8 Å². The molecule has 116 valence electrons. The number of amides is 1. The van der Waals surface area contributed by atoms with Crippen molar-refractivity contribution in [3.05, 3.63) is 59.4 Å². The first-order valence-electron chi connectivity index (χ1n) is 7.20. The summed E-state index contributed by atoms with van der Waals surface area (Å²) in [6.45, 7) is 2.98. The average molecular weight is 318 g/mol. The standard InChI is InChI=1S/C17H19N3O.ClH/c1-12(13-5-8-18-9-6-13)20(2)17(21)15-3-4-16-14(11-15)7-10-19-16;/h3-6,8-9,11-12,19H,7,10H2,1-2H3;1H. The van der Waals surface area contributed by atoms with Gasteiger partial charge in [0.1, 0.15) is 0 Å². The number of hydrogen-bond donors (Lipinski definition) is 1.